The van der Waals surface area contributed by atoms with E-state index in [0.717, 1.165) is 13.2 Å². The Kier molecular flexibility index (Phi) is 5.05. The second-order valence-electron chi connectivity index (χ2n) is 6.21. The highest BCUT2D eigenvalue weighted by molar-refractivity contribution is 4.91. The lowest BCUT2D eigenvalue weighted by atomic mass is 9.82. The standard InChI is InChI=1S/C15H30N2O/c1-4-15(5-2)7-8-17(12-15)10-14(16-3)13-6-9-18-11-13/h13-14,16H,4-12H2,1-3H3. The number of rotatable bonds is 6. The molecule has 0 saturated carbocycles. The molecule has 106 valence electrons. The van der Waals surface area contributed by atoms with Crippen LogP contribution in [0.1, 0.15) is 39.5 Å². The third kappa shape index (κ3) is 3.06. The predicted molar refractivity (Wildman–Crippen MR) is 75.8 cm³/mol. The first-order valence-electron chi connectivity index (χ1n) is 7.70. The van der Waals surface area contributed by atoms with Gasteiger partial charge in [-0.25, -0.2) is 0 Å². The van der Waals surface area contributed by atoms with Gasteiger partial charge in [-0.15, -0.1) is 0 Å². The van der Waals surface area contributed by atoms with Crippen molar-refractivity contribution in [2.45, 2.75) is 45.6 Å². The Morgan fingerprint density at radius 2 is 2.17 bits per heavy atom. The van der Waals surface area contributed by atoms with Crippen LogP contribution in [0.3, 0.4) is 0 Å². The molecular formula is C15H30N2O. The van der Waals surface area contributed by atoms with E-state index in [1.807, 2.05) is 0 Å². The minimum atomic E-state index is 0.602. The molecule has 0 aliphatic carbocycles. The van der Waals surface area contributed by atoms with Gasteiger partial charge in [0.2, 0.25) is 0 Å². The number of likely N-dealkylation sites (N-methyl/N-ethyl adjacent to an activating group) is 1. The van der Waals surface area contributed by atoms with Gasteiger partial charge >= 0.3 is 0 Å². The lowest BCUT2D eigenvalue weighted by Gasteiger charge is -2.30. The summed E-state index contributed by atoms with van der Waals surface area (Å²) < 4.78 is 5.53. The first-order chi connectivity index (χ1) is 8.73. The zero-order valence-corrected chi connectivity index (χ0v) is 12.4. The molecule has 3 nitrogen and oxygen atoms in total. The van der Waals surface area contributed by atoms with Crippen LogP contribution in [0.15, 0.2) is 0 Å². The van der Waals surface area contributed by atoms with Crippen LogP contribution < -0.4 is 5.32 Å². The Morgan fingerprint density at radius 3 is 2.67 bits per heavy atom. The molecule has 0 aromatic carbocycles. The average Bonchev–Trinajstić information content (AvgIpc) is 3.06. The van der Waals surface area contributed by atoms with E-state index in [1.165, 1.54) is 45.3 Å². The summed E-state index contributed by atoms with van der Waals surface area (Å²) in [5.41, 5.74) is 0.602. The van der Waals surface area contributed by atoms with Gasteiger partial charge in [-0.3, -0.25) is 0 Å². The SMILES string of the molecule is CCC1(CC)CCN(CC(NC)C2CCOC2)C1. The van der Waals surface area contributed by atoms with Crippen LogP contribution in [0.4, 0.5) is 0 Å². The Balaban J connectivity index is 1.85. The fourth-order valence-electron chi connectivity index (χ4n) is 3.64. The van der Waals surface area contributed by atoms with Crippen molar-refractivity contribution in [3.05, 3.63) is 0 Å². The Morgan fingerprint density at radius 1 is 1.39 bits per heavy atom. The highest BCUT2D eigenvalue weighted by atomic mass is 16.5. The van der Waals surface area contributed by atoms with E-state index in [1.54, 1.807) is 0 Å². The predicted octanol–water partition coefficient (Wildman–Crippen LogP) is 2.12. The Bertz CT molecular complexity index is 247. The highest BCUT2D eigenvalue weighted by Gasteiger charge is 2.36. The van der Waals surface area contributed by atoms with Gasteiger partial charge in [0.25, 0.3) is 0 Å². The molecule has 2 aliphatic rings. The minimum absolute atomic E-state index is 0.602. The number of likely N-dealkylation sites (tertiary alicyclic amines) is 1. The van der Waals surface area contributed by atoms with Gasteiger partial charge in [0, 0.05) is 31.7 Å². The molecule has 3 heteroatoms. The van der Waals surface area contributed by atoms with E-state index in [0.29, 0.717) is 17.4 Å². The average molecular weight is 254 g/mol. The number of ether oxygens (including phenoxy) is 1. The molecule has 0 aromatic heterocycles. The van der Waals surface area contributed by atoms with Crippen LogP contribution in [0.2, 0.25) is 0 Å². The van der Waals surface area contributed by atoms with Gasteiger partial charge in [0.15, 0.2) is 0 Å². The third-order valence-corrected chi connectivity index (χ3v) is 5.38. The van der Waals surface area contributed by atoms with Crippen LogP contribution >= 0.6 is 0 Å². The molecule has 2 fully saturated rings. The molecule has 2 aliphatic heterocycles. The van der Waals surface area contributed by atoms with Gasteiger partial charge in [-0.05, 0) is 44.7 Å². The summed E-state index contributed by atoms with van der Waals surface area (Å²) in [7, 11) is 2.10. The van der Waals surface area contributed by atoms with Gasteiger partial charge in [-0.2, -0.15) is 0 Å². The first-order valence-corrected chi connectivity index (χ1v) is 7.70. The monoisotopic (exact) mass is 254 g/mol. The molecule has 2 saturated heterocycles. The second-order valence-corrected chi connectivity index (χ2v) is 6.21. The summed E-state index contributed by atoms with van der Waals surface area (Å²) >= 11 is 0. The maximum absolute atomic E-state index is 5.53. The maximum atomic E-state index is 5.53. The van der Waals surface area contributed by atoms with Crippen molar-refractivity contribution in [1.82, 2.24) is 10.2 Å². The molecule has 0 spiro atoms. The smallest absolute Gasteiger partial charge is 0.0510 e. The molecule has 2 rings (SSSR count). The minimum Gasteiger partial charge on any atom is -0.381 e. The molecule has 0 bridgehead atoms. The summed E-state index contributed by atoms with van der Waals surface area (Å²) in [6.07, 6.45) is 5.27. The quantitative estimate of drug-likeness (QED) is 0.786. The first kappa shape index (κ1) is 14.3. The van der Waals surface area contributed by atoms with Crippen LogP contribution in [-0.4, -0.2) is 50.8 Å². The normalized spacial score (nSPS) is 29.8. The van der Waals surface area contributed by atoms with Gasteiger partial charge in [-0.1, -0.05) is 13.8 Å². The summed E-state index contributed by atoms with van der Waals surface area (Å²) in [6, 6.07) is 0.608. The van der Waals surface area contributed by atoms with Gasteiger partial charge in [0.1, 0.15) is 0 Å². The lowest BCUT2D eigenvalue weighted by molar-refractivity contribution is 0.163. The largest absolute Gasteiger partial charge is 0.381 e. The second kappa shape index (κ2) is 6.36. The number of nitrogens with one attached hydrogen (secondary N) is 1. The molecular weight excluding hydrogens is 224 g/mol. The van der Waals surface area contributed by atoms with Crippen molar-refractivity contribution in [1.29, 1.82) is 0 Å². The fraction of sp³-hybridized carbons (Fsp3) is 1.00. The molecule has 0 amide bonds. The van der Waals surface area contributed by atoms with E-state index >= 15 is 0 Å². The summed E-state index contributed by atoms with van der Waals surface area (Å²) in [5, 5.41) is 3.51. The van der Waals surface area contributed by atoms with Crippen molar-refractivity contribution in [3.63, 3.8) is 0 Å². The summed E-state index contributed by atoms with van der Waals surface area (Å²) in [5.74, 6) is 0.716. The Labute approximate surface area is 112 Å². The van der Waals surface area contributed by atoms with Crippen LogP contribution in [0.5, 0.6) is 0 Å². The van der Waals surface area contributed by atoms with E-state index in [4.69, 9.17) is 4.74 Å². The van der Waals surface area contributed by atoms with Crippen LogP contribution in [0, 0.1) is 11.3 Å². The number of nitrogens with zero attached hydrogens (tertiary/aromatic N) is 1. The van der Waals surface area contributed by atoms with Crippen LogP contribution in [0.25, 0.3) is 0 Å². The van der Waals surface area contributed by atoms with Crippen molar-refractivity contribution < 1.29 is 4.74 Å². The number of hydrogen-bond donors (Lipinski definition) is 1. The molecule has 0 aromatic rings. The molecule has 2 heterocycles. The van der Waals surface area contributed by atoms with Crippen LogP contribution in [-0.2, 0) is 4.74 Å². The van der Waals surface area contributed by atoms with E-state index < -0.39 is 0 Å². The van der Waals surface area contributed by atoms with Crippen molar-refractivity contribution in [2.24, 2.45) is 11.3 Å². The van der Waals surface area contributed by atoms with Crippen molar-refractivity contribution in [2.75, 3.05) is 39.9 Å². The molecule has 18 heavy (non-hydrogen) atoms. The van der Waals surface area contributed by atoms with E-state index in [9.17, 15) is 0 Å². The molecule has 0 radical (unpaired) electrons. The van der Waals surface area contributed by atoms with E-state index in [-0.39, 0.29) is 0 Å². The van der Waals surface area contributed by atoms with Crippen molar-refractivity contribution >= 4 is 0 Å². The molecule has 2 atom stereocenters. The molecule has 1 N–H and O–H groups in total. The van der Waals surface area contributed by atoms with Gasteiger partial charge < -0.3 is 15.0 Å². The lowest BCUT2D eigenvalue weighted by Crippen LogP contribution is -2.44. The Hall–Kier alpha value is -0.120. The number of hydrogen-bond acceptors (Lipinski definition) is 3. The third-order valence-electron chi connectivity index (χ3n) is 5.38. The maximum Gasteiger partial charge on any atom is 0.0510 e. The molecule has 2 unspecified atom stereocenters. The van der Waals surface area contributed by atoms with Gasteiger partial charge in [0.05, 0.1) is 6.61 Å². The summed E-state index contributed by atoms with van der Waals surface area (Å²) in [4.78, 5) is 2.67. The zero-order chi connectivity index (χ0) is 13.0. The topological polar surface area (TPSA) is 24.5 Å². The van der Waals surface area contributed by atoms with E-state index in [2.05, 4.69) is 31.1 Å². The summed E-state index contributed by atoms with van der Waals surface area (Å²) in [6.45, 7) is 10.4. The van der Waals surface area contributed by atoms with Crippen molar-refractivity contribution in [3.8, 4) is 0 Å². The fourth-order valence-corrected chi connectivity index (χ4v) is 3.64. The zero-order valence-electron chi connectivity index (χ0n) is 12.4. The highest BCUT2D eigenvalue weighted by Crippen LogP contribution is 2.37.